The predicted octanol–water partition coefficient (Wildman–Crippen LogP) is 3.66. The summed E-state index contributed by atoms with van der Waals surface area (Å²) in [5, 5.41) is 29.0. The zero-order valence-corrected chi connectivity index (χ0v) is 35.3. The lowest BCUT2D eigenvalue weighted by atomic mass is 9.85. The monoisotopic (exact) mass is 843 g/mol. The van der Waals surface area contributed by atoms with E-state index in [4.69, 9.17) is 9.57 Å². The van der Waals surface area contributed by atoms with Gasteiger partial charge in [0.2, 0.25) is 11.8 Å². The highest BCUT2D eigenvalue weighted by molar-refractivity contribution is 5.93. The highest BCUT2D eigenvalue weighted by Crippen LogP contribution is 2.25. The minimum atomic E-state index is -1.49. The molecule has 4 amide bonds. The Labute approximate surface area is 349 Å². The summed E-state index contributed by atoms with van der Waals surface area (Å²) < 4.78 is 34.5. The van der Waals surface area contributed by atoms with Crippen LogP contribution in [0.2, 0.25) is 0 Å². The minimum Gasteiger partial charge on any atom is -0.505 e. The Hall–Kier alpha value is -5.26. The lowest BCUT2D eigenvalue weighted by Gasteiger charge is -2.36. The molecule has 15 nitrogen and oxygen atoms in total. The third-order valence-corrected chi connectivity index (χ3v) is 10.4. The number of ether oxygens (including phenoxy) is 1. The number of cyclic esters (lactones) is 1. The van der Waals surface area contributed by atoms with Gasteiger partial charge < -0.3 is 30.4 Å². The molecule has 1 saturated heterocycles. The molecule has 1 aromatic carbocycles. The van der Waals surface area contributed by atoms with Crippen molar-refractivity contribution in [1.29, 1.82) is 0 Å². The largest absolute Gasteiger partial charge is 0.505 e. The number of likely N-dealkylation sites (N-methyl/N-ethyl adjacent to an activating group) is 1. The molecule has 0 spiro atoms. The average Bonchev–Trinajstić information content (AvgIpc) is 3.20. The van der Waals surface area contributed by atoms with E-state index in [0.717, 1.165) is 22.2 Å². The number of hydrogen-bond acceptors (Lipinski definition) is 11. The number of aliphatic hydroxyl groups is 1. The van der Waals surface area contributed by atoms with Crippen LogP contribution in [0, 0.1) is 29.4 Å². The van der Waals surface area contributed by atoms with Crippen LogP contribution in [0.3, 0.4) is 0 Å². The summed E-state index contributed by atoms with van der Waals surface area (Å²) >= 11 is 0. The van der Waals surface area contributed by atoms with Gasteiger partial charge in [0.25, 0.3) is 11.8 Å². The van der Waals surface area contributed by atoms with Crippen molar-refractivity contribution < 1.29 is 57.3 Å². The third kappa shape index (κ3) is 14.5. The number of halogens is 2. The molecule has 2 aliphatic heterocycles. The number of carbonyl (C=O) groups is 6. The fraction of sp³-hybridized carbons (Fsp3) is 0.535. The summed E-state index contributed by atoms with van der Waals surface area (Å²) in [6.45, 7) is 8.24. The van der Waals surface area contributed by atoms with Crippen LogP contribution in [0.4, 0.5) is 8.78 Å². The van der Waals surface area contributed by atoms with Crippen LogP contribution in [0.15, 0.2) is 60.2 Å². The molecule has 3 rings (SSSR count). The summed E-state index contributed by atoms with van der Waals surface area (Å²) in [5.74, 6) is -9.55. The van der Waals surface area contributed by atoms with Crippen LogP contribution in [0.1, 0.15) is 78.7 Å². The summed E-state index contributed by atoms with van der Waals surface area (Å²) in [7, 11) is 2.80. The van der Waals surface area contributed by atoms with Gasteiger partial charge in [-0.05, 0) is 74.6 Å². The number of phenolic OH excluding ortho intramolecular Hbond substituents is 1. The molecule has 17 heteroatoms. The van der Waals surface area contributed by atoms with E-state index in [1.54, 1.807) is 58.1 Å². The molecule has 5 N–H and O–H groups in total. The third-order valence-electron chi connectivity index (χ3n) is 10.4. The molecule has 0 aromatic heterocycles. The summed E-state index contributed by atoms with van der Waals surface area (Å²) in [5.41, 5.74) is 3.44. The predicted molar refractivity (Wildman–Crippen MR) is 217 cm³/mol. The molecule has 1 fully saturated rings. The summed E-state index contributed by atoms with van der Waals surface area (Å²) in [6.07, 6.45) is 10.2. The number of ketones is 1. The zero-order valence-electron chi connectivity index (χ0n) is 35.3. The van der Waals surface area contributed by atoms with E-state index < -0.39 is 101 Å². The highest BCUT2D eigenvalue weighted by atomic mass is 19.2. The maximum atomic E-state index is 14.4. The fourth-order valence-electron chi connectivity index (χ4n) is 6.68. The topological polar surface area (TPSA) is 204 Å². The first-order chi connectivity index (χ1) is 28.3. The number of carbonyl (C=O) groups excluding carboxylic acids is 6. The SMILES string of the molecule is CON(C)C(=O)/C=C/C=C(\C)[C@@H]1C/C=C/C=C/C[C@H](C)C(O)[C@@H](CCC(C)=O)C(=O)NC(C(C)C)C(=O)NC(Cc2cc(O)c(F)c(F)c2)C(=O)N2CCCC(N2)C(=O)O1. The number of nitrogens with one attached hydrogen (secondary N) is 3. The zero-order chi connectivity index (χ0) is 44.7. The second-order valence-corrected chi connectivity index (χ2v) is 15.6. The van der Waals surface area contributed by atoms with E-state index in [2.05, 4.69) is 16.1 Å². The number of aliphatic hydroxyl groups excluding tert-OH is 1. The first-order valence-electron chi connectivity index (χ1n) is 20.1. The van der Waals surface area contributed by atoms with Crippen LogP contribution >= 0.6 is 0 Å². The van der Waals surface area contributed by atoms with Crippen molar-refractivity contribution in [2.24, 2.45) is 17.8 Å². The van der Waals surface area contributed by atoms with Crippen LogP contribution in [0.25, 0.3) is 0 Å². The molecule has 4 unspecified atom stereocenters. The van der Waals surface area contributed by atoms with Crippen LogP contribution in [-0.2, 0) is 44.8 Å². The second kappa shape index (κ2) is 23.5. The standard InChI is InChI=1S/C43H59F2N5O10/c1-25(2)38-41(56)46-33(23-29-22-31(44)37(45)34(52)24-29)42(57)50-21-13-16-32(48-50)43(58)60-35(26(3)15-12-18-36(53)49(6)59-7)17-11-9-8-10-14-27(4)39(54)30(40(55)47-38)20-19-28(5)51/h8-12,15,18,22,24-25,27,30,32-33,35,38-39,48,52,54H,13-14,16-17,19-21,23H2,1-7H3,(H,46,56)(H,47,55)/b10-8+,11-9+,18-12+,26-15+/t27-,30+,32?,33?,35-,38?,39?/m0/s1. The lowest BCUT2D eigenvalue weighted by Crippen LogP contribution is -2.62. The average molecular weight is 844 g/mol. The van der Waals surface area contributed by atoms with E-state index in [9.17, 15) is 47.8 Å². The minimum absolute atomic E-state index is 0.00360. The number of hydrogen-bond donors (Lipinski definition) is 5. The van der Waals surface area contributed by atoms with Crippen LogP contribution in [0.5, 0.6) is 5.75 Å². The van der Waals surface area contributed by atoms with Crippen molar-refractivity contribution in [2.45, 2.75) is 110 Å². The van der Waals surface area contributed by atoms with Crippen molar-refractivity contribution in [3.63, 3.8) is 0 Å². The van der Waals surface area contributed by atoms with Gasteiger partial charge in [0.15, 0.2) is 17.4 Å². The van der Waals surface area contributed by atoms with Gasteiger partial charge in [-0.3, -0.25) is 33.8 Å². The van der Waals surface area contributed by atoms with Crippen molar-refractivity contribution >= 4 is 35.4 Å². The van der Waals surface area contributed by atoms with E-state index >= 15 is 0 Å². The van der Waals surface area contributed by atoms with Gasteiger partial charge in [0.05, 0.1) is 19.1 Å². The van der Waals surface area contributed by atoms with Crippen molar-refractivity contribution in [3.8, 4) is 5.75 Å². The number of fused-ring (bicyclic) bond motifs is 2. The number of allylic oxidation sites excluding steroid dienone is 5. The quantitative estimate of drug-likeness (QED) is 0.0996. The number of hydroxylamine groups is 2. The van der Waals surface area contributed by atoms with Gasteiger partial charge in [0.1, 0.15) is 30.0 Å². The molecule has 330 valence electrons. The van der Waals surface area contributed by atoms with Gasteiger partial charge in [0, 0.05) is 38.9 Å². The summed E-state index contributed by atoms with van der Waals surface area (Å²) in [6, 6.07) is -2.05. The maximum Gasteiger partial charge on any atom is 0.325 e. The summed E-state index contributed by atoms with van der Waals surface area (Å²) in [4.78, 5) is 85.0. The molecule has 1 aromatic rings. The molecule has 2 heterocycles. The number of Topliss-reactive ketones (excluding diaryl/α,β-unsaturated/α-hetero) is 1. The fourth-order valence-corrected chi connectivity index (χ4v) is 6.68. The van der Waals surface area contributed by atoms with Crippen LogP contribution in [-0.4, -0.2) is 107 Å². The van der Waals surface area contributed by atoms with Gasteiger partial charge >= 0.3 is 5.97 Å². The number of nitrogens with zero attached hydrogens (tertiary/aromatic N) is 2. The van der Waals surface area contributed by atoms with Gasteiger partial charge in [-0.15, -0.1) is 0 Å². The number of amides is 4. The highest BCUT2D eigenvalue weighted by Gasteiger charge is 2.38. The molecule has 7 atom stereocenters. The van der Waals surface area contributed by atoms with Gasteiger partial charge in [-0.2, -0.15) is 4.39 Å². The molecular weight excluding hydrogens is 784 g/mol. The number of esters is 1. The number of rotatable bonds is 10. The Morgan fingerprint density at radius 3 is 2.38 bits per heavy atom. The number of hydrazine groups is 1. The Kier molecular flexibility index (Phi) is 19.2. The smallest absolute Gasteiger partial charge is 0.325 e. The Balaban J connectivity index is 2.08. The molecule has 0 saturated carbocycles. The molecule has 60 heavy (non-hydrogen) atoms. The van der Waals surface area contributed by atoms with E-state index in [1.807, 2.05) is 0 Å². The Morgan fingerprint density at radius 2 is 1.75 bits per heavy atom. The first kappa shape index (κ1) is 49.1. The van der Waals surface area contributed by atoms with E-state index in [-0.39, 0.29) is 43.6 Å². The van der Waals surface area contributed by atoms with Crippen molar-refractivity contribution in [1.82, 2.24) is 26.1 Å². The normalized spacial score (nSPS) is 26.7. The number of aromatic hydroxyl groups is 1. The van der Waals surface area contributed by atoms with E-state index in [0.29, 0.717) is 18.4 Å². The van der Waals surface area contributed by atoms with Crippen molar-refractivity contribution in [2.75, 3.05) is 20.7 Å². The molecule has 0 radical (unpaired) electrons. The first-order valence-corrected chi connectivity index (χ1v) is 20.1. The van der Waals surface area contributed by atoms with Gasteiger partial charge in [-0.1, -0.05) is 57.2 Å². The molecule has 0 aliphatic carbocycles. The molecular formula is C43H59F2N5O10. The number of benzene rings is 1. The molecule has 2 aliphatic rings. The molecule has 2 bridgehead atoms. The van der Waals surface area contributed by atoms with Gasteiger partial charge in [-0.25, -0.2) is 14.9 Å². The van der Waals surface area contributed by atoms with Crippen molar-refractivity contribution in [3.05, 3.63) is 77.4 Å². The second-order valence-electron chi connectivity index (χ2n) is 15.6. The maximum absolute atomic E-state index is 14.4. The van der Waals surface area contributed by atoms with E-state index in [1.165, 1.54) is 33.2 Å². The number of phenols is 1. The Morgan fingerprint density at radius 1 is 1.07 bits per heavy atom. The van der Waals surface area contributed by atoms with Crippen LogP contribution < -0.4 is 16.1 Å². The lowest BCUT2D eigenvalue weighted by molar-refractivity contribution is -0.162. The Bertz CT molecular complexity index is 1810.